The molecule has 2 rings (SSSR count). The van der Waals surface area contributed by atoms with Gasteiger partial charge in [0.15, 0.2) is 0 Å². The number of hydrazine groups is 1. The van der Waals surface area contributed by atoms with Crippen molar-refractivity contribution in [3.8, 4) is 0 Å². The summed E-state index contributed by atoms with van der Waals surface area (Å²) in [5.41, 5.74) is 9.94. The van der Waals surface area contributed by atoms with E-state index in [1.165, 1.54) is 0 Å². The molecular formula is C10H14N6. The number of para-hydroxylation sites is 2. The van der Waals surface area contributed by atoms with E-state index in [2.05, 4.69) is 21.1 Å². The molecule has 0 saturated heterocycles. The molecule has 0 aliphatic carbocycles. The molecule has 84 valence electrons. The fraction of sp³-hybridized carbons (Fsp3) is 0.100. The Morgan fingerprint density at radius 1 is 1.25 bits per heavy atom. The standard InChI is InChI=1S/C10H14N6/c11-9-5-10(14-6-13-9)15-7-3-1-2-4-8(7)16-12/h1-6,9,15-16H,11-12H2,(H,13,14). The third-order valence-electron chi connectivity index (χ3n) is 2.16. The van der Waals surface area contributed by atoms with Gasteiger partial charge < -0.3 is 21.8 Å². The summed E-state index contributed by atoms with van der Waals surface area (Å²) in [6.07, 6.45) is 3.03. The van der Waals surface area contributed by atoms with Crippen LogP contribution in [0, 0.1) is 0 Å². The number of nitrogen functional groups attached to an aromatic ring is 1. The van der Waals surface area contributed by atoms with Gasteiger partial charge in [-0.25, -0.2) is 0 Å². The Morgan fingerprint density at radius 2 is 2.00 bits per heavy atom. The number of nitrogens with two attached hydrogens (primary N) is 2. The molecule has 0 spiro atoms. The van der Waals surface area contributed by atoms with E-state index in [-0.39, 0.29) is 6.17 Å². The average molecular weight is 218 g/mol. The largest absolute Gasteiger partial charge is 0.340 e. The van der Waals surface area contributed by atoms with Crippen molar-refractivity contribution in [1.82, 2.24) is 5.32 Å². The van der Waals surface area contributed by atoms with Crippen molar-refractivity contribution in [2.24, 2.45) is 16.6 Å². The molecule has 0 amide bonds. The number of nitrogens with one attached hydrogen (secondary N) is 3. The highest BCUT2D eigenvalue weighted by atomic mass is 15.2. The second-order valence-corrected chi connectivity index (χ2v) is 3.31. The fourth-order valence-electron chi connectivity index (χ4n) is 1.40. The first-order valence-corrected chi connectivity index (χ1v) is 4.88. The molecule has 1 aliphatic rings. The smallest absolute Gasteiger partial charge is 0.121 e. The van der Waals surface area contributed by atoms with Crippen molar-refractivity contribution in [1.29, 1.82) is 0 Å². The van der Waals surface area contributed by atoms with Crippen molar-refractivity contribution in [3.05, 3.63) is 36.2 Å². The summed E-state index contributed by atoms with van der Waals surface area (Å²) >= 11 is 0. The lowest BCUT2D eigenvalue weighted by Gasteiger charge is -2.17. The quantitative estimate of drug-likeness (QED) is 0.367. The Kier molecular flexibility index (Phi) is 3.04. The Morgan fingerprint density at radius 3 is 2.69 bits per heavy atom. The van der Waals surface area contributed by atoms with Gasteiger partial charge in [-0.05, 0) is 18.2 Å². The highest BCUT2D eigenvalue weighted by molar-refractivity contribution is 5.71. The van der Waals surface area contributed by atoms with E-state index in [1.54, 1.807) is 12.4 Å². The van der Waals surface area contributed by atoms with Crippen molar-refractivity contribution in [3.63, 3.8) is 0 Å². The summed E-state index contributed by atoms with van der Waals surface area (Å²) < 4.78 is 0. The number of benzene rings is 1. The molecule has 6 nitrogen and oxygen atoms in total. The topological polar surface area (TPSA) is 100 Å². The van der Waals surface area contributed by atoms with Crippen LogP contribution in [0.2, 0.25) is 0 Å². The van der Waals surface area contributed by atoms with Crippen LogP contribution in [0.15, 0.2) is 41.2 Å². The number of nitrogens with zero attached hydrogens (tertiary/aromatic N) is 1. The maximum absolute atomic E-state index is 5.65. The lowest BCUT2D eigenvalue weighted by molar-refractivity contribution is 0.834. The summed E-state index contributed by atoms with van der Waals surface area (Å²) in [4.78, 5) is 3.95. The van der Waals surface area contributed by atoms with Crippen LogP contribution >= 0.6 is 0 Å². The van der Waals surface area contributed by atoms with Crippen molar-refractivity contribution in [2.45, 2.75) is 6.17 Å². The average Bonchev–Trinajstić information content (AvgIpc) is 2.30. The third-order valence-corrected chi connectivity index (χ3v) is 2.16. The molecule has 0 fully saturated rings. The molecule has 0 radical (unpaired) electrons. The summed E-state index contributed by atoms with van der Waals surface area (Å²) in [5.74, 6) is 6.18. The minimum atomic E-state index is -0.318. The molecule has 1 aliphatic heterocycles. The van der Waals surface area contributed by atoms with E-state index in [0.29, 0.717) is 0 Å². The van der Waals surface area contributed by atoms with Crippen LogP contribution in [-0.4, -0.2) is 12.5 Å². The lowest BCUT2D eigenvalue weighted by Crippen LogP contribution is -2.29. The highest BCUT2D eigenvalue weighted by Crippen LogP contribution is 2.20. The number of hydrogen-bond acceptors (Lipinski definition) is 6. The van der Waals surface area contributed by atoms with Gasteiger partial charge in [-0.15, -0.1) is 0 Å². The van der Waals surface area contributed by atoms with Crippen molar-refractivity contribution < 1.29 is 0 Å². The Labute approximate surface area is 93.4 Å². The van der Waals surface area contributed by atoms with E-state index in [1.807, 2.05) is 24.3 Å². The van der Waals surface area contributed by atoms with E-state index in [4.69, 9.17) is 11.6 Å². The Bertz CT molecular complexity index is 425. The lowest BCUT2D eigenvalue weighted by atomic mass is 10.2. The SMILES string of the molecule is NNc1ccccc1NC1=CC(N)N=CN1. The molecule has 16 heavy (non-hydrogen) atoms. The molecule has 1 heterocycles. The van der Waals surface area contributed by atoms with E-state index in [9.17, 15) is 0 Å². The van der Waals surface area contributed by atoms with Gasteiger partial charge in [0, 0.05) is 0 Å². The molecule has 6 heteroatoms. The van der Waals surface area contributed by atoms with Crippen LogP contribution in [0.1, 0.15) is 0 Å². The van der Waals surface area contributed by atoms with Crippen LogP contribution in [0.5, 0.6) is 0 Å². The molecule has 7 N–H and O–H groups in total. The number of aliphatic imine (C=N–C) groups is 1. The minimum absolute atomic E-state index is 0.318. The summed E-state index contributed by atoms with van der Waals surface area (Å²) in [7, 11) is 0. The highest BCUT2D eigenvalue weighted by Gasteiger charge is 2.06. The predicted molar refractivity (Wildman–Crippen MR) is 65.6 cm³/mol. The van der Waals surface area contributed by atoms with Crippen LogP contribution < -0.4 is 27.6 Å². The molecular weight excluding hydrogens is 204 g/mol. The molecule has 1 atom stereocenters. The van der Waals surface area contributed by atoms with E-state index >= 15 is 0 Å². The second-order valence-electron chi connectivity index (χ2n) is 3.31. The molecule has 0 bridgehead atoms. The van der Waals surface area contributed by atoms with Gasteiger partial charge in [-0.3, -0.25) is 10.8 Å². The first kappa shape index (κ1) is 10.5. The normalized spacial score (nSPS) is 18.6. The van der Waals surface area contributed by atoms with Crippen LogP contribution in [-0.2, 0) is 0 Å². The van der Waals surface area contributed by atoms with Crippen LogP contribution in [0.25, 0.3) is 0 Å². The molecule has 0 saturated carbocycles. The van der Waals surface area contributed by atoms with Crippen LogP contribution in [0.4, 0.5) is 11.4 Å². The van der Waals surface area contributed by atoms with E-state index < -0.39 is 0 Å². The number of rotatable bonds is 3. The summed E-state index contributed by atoms with van der Waals surface area (Å²) in [5, 5.41) is 6.13. The number of hydrogen-bond donors (Lipinski definition) is 5. The van der Waals surface area contributed by atoms with Gasteiger partial charge in [-0.1, -0.05) is 12.1 Å². The van der Waals surface area contributed by atoms with Crippen LogP contribution in [0.3, 0.4) is 0 Å². The van der Waals surface area contributed by atoms with Gasteiger partial charge in [0.05, 0.1) is 17.7 Å². The van der Waals surface area contributed by atoms with Gasteiger partial charge in [-0.2, -0.15) is 0 Å². The molecule has 1 unspecified atom stereocenters. The maximum atomic E-state index is 5.65. The van der Waals surface area contributed by atoms with Gasteiger partial charge in [0.25, 0.3) is 0 Å². The third kappa shape index (κ3) is 2.30. The maximum Gasteiger partial charge on any atom is 0.121 e. The summed E-state index contributed by atoms with van der Waals surface area (Å²) in [6.45, 7) is 0. The Hall–Kier alpha value is -2.05. The zero-order valence-corrected chi connectivity index (χ0v) is 8.64. The Balaban J connectivity index is 2.15. The van der Waals surface area contributed by atoms with E-state index in [0.717, 1.165) is 17.2 Å². The van der Waals surface area contributed by atoms with Gasteiger partial charge >= 0.3 is 0 Å². The van der Waals surface area contributed by atoms with Gasteiger partial charge in [0.2, 0.25) is 0 Å². The summed E-state index contributed by atoms with van der Waals surface area (Å²) in [6, 6.07) is 7.60. The number of anilines is 2. The molecule has 1 aromatic carbocycles. The first-order chi connectivity index (χ1) is 7.79. The first-order valence-electron chi connectivity index (χ1n) is 4.88. The minimum Gasteiger partial charge on any atom is -0.340 e. The molecule has 0 aromatic heterocycles. The molecule has 1 aromatic rings. The van der Waals surface area contributed by atoms with Gasteiger partial charge in [0.1, 0.15) is 12.0 Å². The van der Waals surface area contributed by atoms with Crippen molar-refractivity contribution in [2.75, 3.05) is 10.7 Å². The fourth-order valence-corrected chi connectivity index (χ4v) is 1.40. The zero-order valence-electron chi connectivity index (χ0n) is 8.64. The van der Waals surface area contributed by atoms with Crippen molar-refractivity contribution >= 4 is 17.7 Å². The predicted octanol–water partition coefficient (Wildman–Crippen LogP) is 0.142. The monoisotopic (exact) mass is 218 g/mol. The second kappa shape index (κ2) is 4.65. The zero-order chi connectivity index (χ0) is 11.4.